The van der Waals surface area contributed by atoms with Gasteiger partial charge in [-0.05, 0) is 24.6 Å². The molecule has 15 heavy (non-hydrogen) atoms. The van der Waals surface area contributed by atoms with E-state index >= 15 is 0 Å². The van der Waals surface area contributed by atoms with E-state index in [4.69, 9.17) is 16.0 Å². The lowest BCUT2D eigenvalue weighted by atomic mass is 10.1. The fraction of sp³-hybridized carbons (Fsp3) is 0.273. The van der Waals surface area contributed by atoms with Crippen LogP contribution in [-0.2, 0) is 11.2 Å². The molecule has 0 amide bonds. The van der Waals surface area contributed by atoms with E-state index in [0.717, 1.165) is 5.56 Å². The summed E-state index contributed by atoms with van der Waals surface area (Å²) in [7, 11) is 0. The largest absolute Gasteiger partial charge is 0.439 e. The lowest BCUT2D eigenvalue weighted by Crippen LogP contribution is -1.95. The Bertz CT molecular complexity index is 531. The summed E-state index contributed by atoms with van der Waals surface area (Å²) >= 11 is 6.01. The number of hydrogen-bond acceptors (Lipinski definition) is 3. The Balaban J connectivity index is 2.56. The Morgan fingerprint density at radius 1 is 1.53 bits per heavy atom. The van der Waals surface area contributed by atoms with E-state index in [1.54, 1.807) is 19.9 Å². The maximum Gasteiger partial charge on any atom is 0.192 e. The first kappa shape index (κ1) is 10.2. The predicted octanol–water partition coefficient (Wildman–Crippen LogP) is 2.92. The molecule has 0 atom stereocenters. The van der Waals surface area contributed by atoms with Crippen molar-refractivity contribution in [2.24, 2.45) is 0 Å². The van der Waals surface area contributed by atoms with Gasteiger partial charge in [-0.3, -0.25) is 4.79 Å². The topological polar surface area (TPSA) is 43.1 Å². The van der Waals surface area contributed by atoms with E-state index < -0.39 is 0 Å². The van der Waals surface area contributed by atoms with Gasteiger partial charge in [-0.2, -0.15) is 0 Å². The number of aryl methyl sites for hydroxylation is 1. The zero-order valence-corrected chi connectivity index (χ0v) is 9.26. The van der Waals surface area contributed by atoms with Crippen LogP contribution >= 0.6 is 11.6 Å². The summed E-state index contributed by atoms with van der Waals surface area (Å²) < 4.78 is 5.33. The smallest absolute Gasteiger partial charge is 0.192 e. The van der Waals surface area contributed by atoms with E-state index in [0.29, 0.717) is 28.4 Å². The van der Waals surface area contributed by atoms with Crippen molar-refractivity contribution >= 4 is 28.5 Å². The average Bonchev–Trinajstić information content (AvgIpc) is 2.44. The number of nitrogens with zero attached hydrogens (tertiary/aromatic N) is 1. The van der Waals surface area contributed by atoms with Crippen LogP contribution in [0.3, 0.4) is 0 Å². The first-order valence-corrected chi connectivity index (χ1v) is 4.99. The number of halogens is 1. The third-order valence-corrected chi connectivity index (χ3v) is 2.35. The fourth-order valence-corrected chi connectivity index (χ4v) is 1.82. The molecular formula is C11H10ClNO2. The number of aromatic nitrogens is 1. The standard InChI is InChI=1S/C11H10ClNO2/c1-6(14)3-8-4-9(12)11-10(5-8)13-7(2)15-11/h4-5H,3H2,1-2H3. The highest BCUT2D eigenvalue weighted by molar-refractivity contribution is 6.34. The Hall–Kier alpha value is -1.35. The van der Waals surface area contributed by atoms with Crippen molar-refractivity contribution < 1.29 is 9.21 Å². The van der Waals surface area contributed by atoms with Crippen molar-refractivity contribution in [1.29, 1.82) is 0 Å². The van der Waals surface area contributed by atoms with Gasteiger partial charge in [0, 0.05) is 13.3 Å². The highest BCUT2D eigenvalue weighted by Crippen LogP contribution is 2.26. The zero-order valence-electron chi connectivity index (χ0n) is 8.50. The van der Waals surface area contributed by atoms with Crippen molar-refractivity contribution in [3.8, 4) is 0 Å². The van der Waals surface area contributed by atoms with Crippen LogP contribution in [0.4, 0.5) is 0 Å². The monoisotopic (exact) mass is 223 g/mol. The fourth-order valence-electron chi connectivity index (χ4n) is 1.55. The van der Waals surface area contributed by atoms with Gasteiger partial charge in [0.05, 0.1) is 5.02 Å². The van der Waals surface area contributed by atoms with Gasteiger partial charge in [0.2, 0.25) is 0 Å². The molecule has 0 aliphatic carbocycles. The SMILES string of the molecule is CC(=O)Cc1cc(Cl)c2oc(C)nc2c1. The molecule has 0 aliphatic rings. The van der Waals surface area contributed by atoms with E-state index in [1.807, 2.05) is 6.07 Å². The number of benzene rings is 1. The second-order valence-corrected chi connectivity index (χ2v) is 3.94. The molecule has 1 heterocycles. The number of Topliss-reactive ketones (excluding diaryl/α,β-unsaturated/α-hetero) is 1. The predicted molar refractivity (Wildman–Crippen MR) is 58.1 cm³/mol. The highest BCUT2D eigenvalue weighted by atomic mass is 35.5. The summed E-state index contributed by atoms with van der Waals surface area (Å²) in [6, 6.07) is 3.58. The van der Waals surface area contributed by atoms with Crippen molar-refractivity contribution in [2.75, 3.05) is 0 Å². The molecule has 1 aromatic heterocycles. The van der Waals surface area contributed by atoms with Crippen LogP contribution in [-0.4, -0.2) is 10.8 Å². The Kier molecular flexibility index (Phi) is 2.49. The first-order chi connectivity index (χ1) is 7.06. The Morgan fingerprint density at radius 3 is 2.93 bits per heavy atom. The number of carbonyl (C=O) groups excluding carboxylic acids is 1. The van der Waals surface area contributed by atoms with Crippen LogP contribution in [0.25, 0.3) is 11.1 Å². The minimum absolute atomic E-state index is 0.102. The van der Waals surface area contributed by atoms with Gasteiger partial charge in [-0.15, -0.1) is 0 Å². The first-order valence-electron chi connectivity index (χ1n) is 4.61. The zero-order chi connectivity index (χ0) is 11.0. The highest BCUT2D eigenvalue weighted by Gasteiger charge is 2.09. The van der Waals surface area contributed by atoms with Gasteiger partial charge in [0.15, 0.2) is 11.5 Å². The molecule has 3 nitrogen and oxygen atoms in total. The maximum absolute atomic E-state index is 11.0. The van der Waals surface area contributed by atoms with E-state index in [9.17, 15) is 4.79 Å². The van der Waals surface area contributed by atoms with E-state index in [-0.39, 0.29) is 5.78 Å². The molecule has 0 radical (unpaired) electrons. The van der Waals surface area contributed by atoms with E-state index in [1.165, 1.54) is 0 Å². The van der Waals surface area contributed by atoms with Gasteiger partial charge in [0.1, 0.15) is 11.3 Å². The summed E-state index contributed by atoms with van der Waals surface area (Å²) in [5, 5.41) is 0.504. The number of rotatable bonds is 2. The van der Waals surface area contributed by atoms with Crippen LogP contribution in [0.5, 0.6) is 0 Å². The molecule has 2 rings (SSSR count). The molecule has 0 unspecified atom stereocenters. The minimum atomic E-state index is 0.102. The molecule has 0 fully saturated rings. The van der Waals surface area contributed by atoms with Crippen LogP contribution in [0.1, 0.15) is 18.4 Å². The number of ketones is 1. The second-order valence-electron chi connectivity index (χ2n) is 3.54. The lowest BCUT2D eigenvalue weighted by molar-refractivity contribution is -0.116. The molecular weight excluding hydrogens is 214 g/mol. The molecule has 0 saturated heterocycles. The van der Waals surface area contributed by atoms with Crippen molar-refractivity contribution in [1.82, 2.24) is 4.98 Å². The molecule has 0 aliphatic heterocycles. The molecule has 1 aromatic carbocycles. The van der Waals surface area contributed by atoms with Gasteiger partial charge < -0.3 is 4.42 Å². The van der Waals surface area contributed by atoms with Crippen LogP contribution in [0.15, 0.2) is 16.5 Å². The maximum atomic E-state index is 11.0. The summed E-state index contributed by atoms with van der Waals surface area (Å²) in [5.74, 6) is 0.678. The number of fused-ring (bicyclic) bond motifs is 1. The van der Waals surface area contributed by atoms with Gasteiger partial charge in [-0.1, -0.05) is 11.6 Å². The minimum Gasteiger partial charge on any atom is -0.439 e. The number of oxazole rings is 1. The van der Waals surface area contributed by atoms with Crippen LogP contribution in [0.2, 0.25) is 5.02 Å². The Morgan fingerprint density at radius 2 is 2.27 bits per heavy atom. The molecule has 78 valence electrons. The third-order valence-electron chi connectivity index (χ3n) is 2.06. The van der Waals surface area contributed by atoms with Gasteiger partial charge in [-0.25, -0.2) is 4.98 Å². The molecule has 0 N–H and O–H groups in total. The van der Waals surface area contributed by atoms with Crippen molar-refractivity contribution in [3.05, 3.63) is 28.6 Å². The molecule has 0 saturated carbocycles. The Labute approximate surface area is 92.1 Å². The summed E-state index contributed by atoms with van der Waals surface area (Å²) in [6.45, 7) is 3.31. The third kappa shape index (κ3) is 2.02. The van der Waals surface area contributed by atoms with Crippen LogP contribution < -0.4 is 0 Å². The quantitative estimate of drug-likeness (QED) is 0.786. The van der Waals surface area contributed by atoms with Crippen molar-refractivity contribution in [2.45, 2.75) is 20.3 Å². The summed E-state index contributed by atoms with van der Waals surface area (Å²) in [5.41, 5.74) is 2.16. The van der Waals surface area contributed by atoms with Crippen molar-refractivity contribution in [3.63, 3.8) is 0 Å². The van der Waals surface area contributed by atoms with Gasteiger partial charge in [0.25, 0.3) is 0 Å². The van der Waals surface area contributed by atoms with Gasteiger partial charge >= 0.3 is 0 Å². The van der Waals surface area contributed by atoms with E-state index in [2.05, 4.69) is 4.98 Å². The number of hydrogen-bond donors (Lipinski definition) is 0. The molecule has 2 aromatic rings. The molecule has 4 heteroatoms. The second kappa shape index (κ2) is 3.66. The normalized spacial score (nSPS) is 10.9. The summed E-state index contributed by atoms with van der Waals surface area (Å²) in [4.78, 5) is 15.2. The lowest BCUT2D eigenvalue weighted by Gasteiger charge is -1.98. The number of carbonyl (C=O) groups is 1. The summed E-state index contributed by atoms with van der Waals surface area (Å²) in [6.07, 6.45) is 0.377. The average molecular weight is 224 g/mol. The molecule has 0 bridgehead atoms. The molecule has 0 spiro atoms. The van der Waals surface area contributed by atoms with Crippen LogP contribution in [0, 0.1) is 6.92 Å².